The first-order valence-corrected chi connectivity index (χ1v) is 14.7. The first-order chi connectivity index (χ1) is 18.8. The number of carbonyl (C=O) groups is 1. The molecular formula is C31H35NO6S. The highest BCUT2D eigenvalue weighted by Crippen LogP contribution is 2.39. The summed E-state index contributed by atoms with van der Waals surface area (Å²) in [5, 5.41) is 0. The predicted molar refractivity (Wildman–Crippen MR) is 152 cm³/mol. The minimum absolute atomic E-state index is 0.0104. The summed E-state index contributed by atoms with van der Waals surface area (Å²) >= 11 is 0. The molecule has 3 aromatic rings. The topological polar surface area (TPSA) is 74.3 Å². The van der Waals surface area contributed by atoms with Crippen molar-refractivity contribution in [2.24, 2.45) is 0 Å². The lowest BCUT2D eigenvalue weighted by atomic mass is 9.94. The minimum Gasteiger partial charge on any atom is -0.492 e. The molecule has 0 amide bonds. The number of carbonyl (C=O) groups excluding carboxylic acids is 1. The Morgan fingerprint density at radius 2 is 1.87 bits per heavy atom. The zero-order valence-corrected chi connectivity index (χ0v) is 23.7. The molecule has 2 aliphatic rings. The molecule has 0 N–H and O–H groups in total. The Balaban J connectivity index is 1.25. The number of benzene rings is 3. The summed E-state index contributed by atoms with van der Waals surface area (Å²) in [5.41, 5.74) is 6.70. The van der Waals surface area contributed by atoms with E-state index in [0.29, 0.717) is 26.2 Å². The van der Waals surface area contributed by atoms with E-state index in [4.69, 9.17) is 18.9 Å². The van der Waals surface area contributed by atoms with E-state index in [2.05, 4.69) is 50.2 Å². The van der Waals surface area contributed by atoms with E-state index < -0.39 is 11.0 Å². The van der Waals surface area contributed by atoms with E-state index in [1.165, 1.54) is 12.7 Å². The number of esters is 1. The Labute approximate surface area is 232 Å². The van der Waals surface area contributed by atoms with Crippen molar-refractivity contribution in [3.8, 4) is 28.4 Å². The molecule has 0 aromatic heterocycles. The lowest BCUT2D eigenvalue weighted by molar-refractivity contribution is -0.141. The number of rotatable bonds is 9. The number of hydrogen-bond donors (Lipinski definition) is 0. The van der Waals surface area contributed by atoms with Crippen molar-refractivity contribution >= 4 is 17.0 Å². The standard InChI is InChI=1S/C31H35NO6S/c1-20-12-27(38-26-10-11-32(17-26)39(4)34)13-21(2)31(20)23-7-5-6-22(14-23)18-36-25-8-9-28-24(15-30(33)35-3)19-37-29(28)16-25/h5-9,12-14,16,24,26H,10-11,15,17-19H2,1-4H3. The number of methoxy groups -OCH3 is 1. The Bertz CT molecular complexity index is 1370. The van der Waals surface area contributed by atoms with Crippen molar-refractivity contribution in [1.82, 2.24) is 4.31 Å². The molecule has 0 saturated carbocycles. The van der Waals surface area contributed by atoms with E-state index in [1.807, 2.05) is 22.5 Å². The molecule has 2 heterocycles. The molecule has 0 bridgehead atoms. The van der Waals surface area contributed by atoms with Gasteiger partial charge in [-0.3, -0.25) is 4.79 Å². The van der Waals surface area contributed by atoms with Gasteiger partial charge in [-0.2, -0.15) is 0 Å². The van der Waals surface area contributed by atoms with Crippen LogP contribution in [-0.4, -0.2) is 53.6 Å². The number of nitrogens with zero attached hydrogens (tertiary/aromatic N) is 1. The molecule has 5 rings (SSSR count). The average molecular weight is 550 g/mol. The summed E-state index contributed by atoms with van der Waals surface area (Å²) in [6.45, 7) is 6.60. The SMILES string of the molecule is COC(=O)CC1COc2cc(OCc3cccc(-c4c(C)cc(OC5CCN(S(C)=O)C5)cc4C)c3)ccc21. The van der Waals surface area contributed by atoms with Gasteiger partial charge in [-0.05, 0) is 72.4 Å². The number of ether oxygens (including phenoxy) is 4. The molecule has 1 saturated heterocycles. The van der Waals surface area contributed by atoms with E-state index in [9.17, 15) is 9.00 Å². The van der Waals surface area contributed by atoms with Crippen molar-refractivity contribution in [2.75, 3.05) is 33.1 Å². The number of fused-ring (bicyclic) bond motifs is 1. The third kappa shape index (κ3) is 6.28. The predicted octanol–water partition coefficient (Wildman–Crippen LogP) is 5.34. The third-order valence-corrected chi connectivity index (χ3v) is 8.47. The highest BCUT2D eigenvalue weighted by atomic mass is 32.2. The van der Waals surface area contributed by atoms with Gasteiger partial charge >= 0.3 is 5.97 Å². The second-order valence-electron chi connectivity index (χ2n) is 10.2. The Morgan fingerprint density at radius 3 is 2.59 bits per heavy atom. The van der Waals surface area contributed by atoms with Crippen LogP contribution in [0.1, 0.15) is 41.0 Å². The van der Waals surface area contributed by atoms with E-state index in [1.54, 1.807) is 6.26 Å². The smallest absolute Gasteiger partial charge is 0.306 e. The fourth-order valence-corrected chi connectivity index (χ4v) is 6.19. The van der Waals surface area contributed by atoms with Crippen LogP contribution < -0.4 is 14.2 Å². The maximum Gasteiger partial charge on any atom is 0.306 e. The van der Waals surface area contributed by atoms with Crippen molar-refractivity contribution in [2.45, 2.75) is 45.3 Å². The molecule has 8 heteroatoms. The Kier molecular flexibility index (Phi) is 8.23. The van der Waals surface area contributed by atoms with Gasteiger partial charge in [0, 0.05) is 36.9 Å². The van der Waals surface area contributed by atoms with Gasteiger partial charge in [0.15, 0.2) is 0 Å². The summed E-state index contributed by atoms with van der Waals surface area (Å²) in [6.07, 6.45) is 2.96. The average Bonchev–Trinajstić information content (AvgIpc) is 3.54. The zero-order chi connectivity index (χ0) is 27.5. The van der Waals surface area contributed by atoms with Crippen LogP contribution in [0, 0.1) is 13.8 Å². The molecular weight excluding hydrogens is 514 g/mol. The maximum absolute atomic E-state index is 11.8. The summed E-state index contributed by atoms with van der Waals surface area (Å²) in [7, 11) is 0.447. The van der Waals surface area contributed by atoms with Crippen molar-refractivity contribution in [3.63, 3.8) is 0 Å². The van der Waals surface area contributed by atoms with Crippen LogP contribution >= 0.6 is 0 Å². The molecule has 3 unspecified atom stereocenters. The van der Waals surface area contributed by atoms with Gasteiger partial charge in [-0.25, -0.2) is 8.51 Å². The highest BCUT2D eigenvalue weighted by molar-refractivity contribution is 7.81. The monoisotopic (exact) mass is 549 g/mol. The molecule has 2 aliphatic heterocycles. The maximum atomic E-state index is 11.8. The van der Waals surface area contributed by atoms with Crippen LogP contribution in [0.15, 0.2) is 54.6 Å². The van der Waals surface area contributed by atoms with Gasteiger partial charge in [0.2, 0.25) is 0 Å². The van der Waals surface area contributed by atoms with Gasteiger partial charge in [0.25, 0.3) is 0 Å². The molecule has 0 spiro atoms. The molecule has 7 nitrogen and oxygen atoms in total. The molecule has 3 aromatic carbocycles. The largest absolute Gasteiger partial charge is 0.492 e. The van der Waals surface area contributed by atoms with Crippen LogP contribution in [0.5, 0.6) is 17.2 Å². The lowest BCUT2D eigenvalue weighted by Gasteiger charge is -2.18. The fourth-order valence-electron chi connectivity index (χ4n) is 5.45. The van der Waals surface area contributed by atoms with Crippen molar-refractivity contribution in [1.29, 1.82) is 0 Å². The minimum atomic E-state index is -0.956. The fraction of sp³-hybridized carbons (Fsp3) is 0.387. The quantitative estimate of drug-likeness (QED) is 0.336. The lowest BCUT2D eigenvalue weighted by Crippen LogP contribution is -2.26. The molecule has 39 heavy (non-hydrogen) atoms. The van der Waals surface area contributed by atoms with Crippen LogP contribution in [-0.2, 0) is 27.1 Å². The van der Waals surface area contributed by atoms with Gasteiger partial charge in [-0.15, -0.1) is 0 Å². The van der Waals surface area contributed by atoms with Gasteiger partial charge in [-0.1, -0.05) is 24.3 Å². The first kappa shape index (κ1) is 27.2. The van der Waals surface area contributed by atoms with E-state index in [0.717, 1.165) is 58.0 Å². The van der Waals surface area contributed by atoms with Crippen molar-refractivity contribution < 1.29 is 28.0 Å². The van der Waals surface area contributed by atoms with Crippen LogP contribution in [0.2, 0.25) is 0 Å². The molecule has 0 aliphatic carbocycles. The number of aryl methyl sites for hydroxylation is 2. The molecule has 3 atom stereocenters. The van der Waals surface area contributed by atoms with E-state index >= 15 is 0 Å². The second-order valence-corrected chi connectivity index (χ2v) is 11.6. The summed E-state index contributed by atoms with van der Waals surface area (Å²) in [5.74, 6) is 2.12. The van der Waals surface area contributed by atoms with Crippen molar-refractivity contribution in [3.05, 3.63) is 76.9 Å². The molecule has 0 radical (unpaired) electrons. The second kappa shape index (κ2) is 11.8. The summed E-state index contributed by atoms with van der Waals surface area (Å²) in [6, 6.07) is 18.4. The van der Waals surface area contributed by atoms with Crippen LogP contribution in [0.4, 0.5) is 0 Å². The molecule has 206 valence electrons. The highest BCUT2D eigenvalue weighted by Gasteiger charge is 2.28. The van der Waals surface area contributed by atoms with Crippen LogP contribution in [0.3, 0.4) is 0 Å². The summed E-state index contributed by atoms with van der Waals surface area (Å²) in [4.78, 5) is 11.7. The van der Waals surface area contributed by atoms with Gasteiger partial charge in [0.1, 0.15) is 30.0 Å². The first-order valence-electron chi connectivity index (χ1n) is 13.2. The van der Waals surface area contributed by atoms with Gasteiger partial charge < -0.3 is 18.9 Å². The zero-order valence-electron chi connectivity index (χ0n) is 22.9. The molecule has 1 fully saturated rings. The third-order valence-electron chi connectivity index (χ3n) is 7.41. The number of hydrogen-bond acceptors (Lipinski definition) is 6. The Hall–Kier alpha value is -3.36. The normalized spacial score (nSPS) is 19.3. The van der Waals surface area contributed by atoms with Gasteiger partial charge in [0.05, 0.1) is 31.1 Å². The summed E-state index contributed by atoms with van der Waals surface area (Å²) < 4.78 is 36.7. The Morgan fingerprint density at radius 1 is 1.08 bits per heavy atom. The van der Waals surface area contributed by atoms with E-state index in [-0.39, 0.29) is 18.0 Å². The van der Waals surface area contributed by atoms with Crippen LogP contribution in [0.25, 0.3) is 11.1 Å².